The number of hydrogen-bond acceptors (Lipinski definition) is 2. The van der Waals surface area contributed by atoms with Crippen LogP contribution in [-0.4, -0.2) is 18.0 Å². The minimum atomic E-state index is -0.519. The molecule has 1 saturated carbocycles. The maximum atomic E-state index is 13.9. The van der Waals surface area contributed by atoms with E-state index in [4.69, 9.17) is 16.3 Å². The number of halogens is 2. The molecule has 0 aromatic heterocycles. The molecular formula is C16H18ClFO2. The van der Waals surface area contributed by atoms with E-state index in [1.165, 1.54) is 12.1 Å². The molecule has 1 aliphatic carbocycles. The average molecular weight is 297 g/mol. The van der Waals surface area contributed by atoms with Crippen LogP contribution in [-0.2, 0) is 4.74 Å². The predicted molar refractivity (Wildman–Crippen MR) is 75.6 cm³/mol. The molecule has 1 aliphatic heterocycles. The van der Waals surface area contributed by atoms with Crippen LogP contribution in [0.4, 0.5) is 4.39 Å². The molecule has 2 aliphatic rings. The third-order valence-electron chi connectivity index (χ3n) is 4.58. The maximum absolute atomic E-state index is 13.9. The quantitative estimate of drug-likeness (QED) is 0.756. The van der Waals surface area contributed by atoms with Crippen LogP contribution in [0.5, 0.6) is 0 Å². The fourth-order valence-electron chi connectivity index (χ4n) is 3.53. The highest BCUT2D eigenvalue weighted by atomic mass is 35.5. The van der Waals surface area contributed by atoms with Crippen molar-refractivity contribution in [2.45, 2.75) is 44.1 Å². The Hall–Kier alpha value is -0.930. The number of benzene rings is 1. The maximum Gasteiger partial charge on any atom is 0.169 e. The summed E-state index contributed by atoms with van der Waals surface area (Å²) in [5.41, 5.74) is 0.0380. The first-order chi connectivity index (χ1) is 9.60. The summed E-state index contributed by atoms with van der Waals surface area (Å²) < 4.78 is 19.8. The number of carbonyl (C=O) groups is 1. The third kappa shape index (κ3) is 2.61. The molecule has 4 heteroatoms. The minimum Gasteiger partial charge on any atom is -0.375 e. The van der Waals surface area contributed by atoms with E-state index < -0.39 is 5.82 Å². The number of carbonyl (C=O) groups excluding carboxylic acids is 1. The average Bonchev–Trinajstić information content (AvgIpc) is 2.86. The zero-order chi connectivity index (χ0) is 14.2. The van der Waals surface area contributed by atoms with Crippen LogP contribution in [0.3, 0.4) is 0 Å². The Balaban J connectivity index is 1.79. The van der Waals surface area contributed by atoms with Crippen molar-refractivity contribution in [3.05, 3.63) is 34.6 Å². The molecular weight excluding hydrogens is 279 g/mol. The lowest BCUT2D eigenvalue weighted by molar-refractivity contribution is -0.0866. The predicted octanol–water partition coefficient (Wildman–Crippen LogP) is 4.40. The van der Waals surface area contributed by atoms with Crippen molar-refractivity contribution in [2.24, 2.45) is 5.92 Å². The molecule has 20 heavy (non-hydrogen) atoms. The van der Waals surface area contributed by atoms with Gasteiger partial charge in [0, 0.05) is 17.5 Å². The number of ketones is 1. The Morgan fingerprint density at radius 1 is 1.35 bits per heavy atom. The van der Waals surface area contributed by atoms with Gasteiger partial charge in [0.2, 0.25) is 0 Å². The molecule has 108 valence electrons. The van der Waals surface area contributed by atoms with E-state index >= 15 is 0 Å². The molecule has 2 nitrogen and oxygen atoms in total. The third-order valence-corrected chi connectivity index (χ3v) is 4.81. The highest BCUT2D eigenvalue weighted by molar-refractivity contribution is 6.30. The smallest absolute Gasteiger partial charge is 0.169 e. The summed E-state index contributed by atoms with van der Waals surface area (Å²) in [5, 5.41) is 0.318. The van der Waals surface area contributed by atoms with Gasteiger partial charge in [-0.3, -0.25) is 4.79 Å². The van der Waals surface area contributed by atoms with Crippen LogP contribution in [0, 0.1) is 11.7 Å². The topological polar surface area (TPSA) is 26.3 Å². The second-order valence-corrected chi connectivity index (χ2v) is 6.35. The van der Waals surface area contributed by atoms with Crippen molar-refractivity contribution in [2.75, 3.05) is 6.61 Å². The first kappa shape index (κ1) is 14.0. The van der Waals surface area contributed by atoms with Crippen molar-refractivity contribution < 1.29 is 13.9 Å². The molecule has 0 bridgehead atoms. The van der Waals surface area contributed by atoms with Gasteiger partial charge in [0.1, 0.15) is 5.82 Å². The van der Waals surface area contributed by atoms with Crippen LogP contribution >= 0.6 is 11.6 Å². The van der Waals surface area contributed by atoms with Gasteiger partial charge in [-0.1, -0.05) is 24.4 Å². The van der Waals surface area contributed by atoms with Crippen molar-refractivity contribution >= 4 is 17.4 Å². The number of hydrogen-bond donors (Lipinski definition) is 0. The van der Waals surface area contributed by atoms with E-state index in [1.54, 1.807) is 6.07 Å². The standard InChI is InChI=1S/C16H18ClFO2/c17-12-3-4-13(14(18)9-12)15(19)11-5-8-20-16(10-11)6-1-2-7-16/h3-4,9,11H,1-2,5-8,10H2. The highest BCUT2D eigenvalue weighted by Crippen LogP contribution is 2.42. The molecule has 1 heterocycles. The van der Waals surface area contributed by atoms with Crippen molar-refractivity contribution in [3.8, 4) is 0 Å². The molecule has 0 radical (unpaired) electrons. The molecule has 1 spiro atoms. The van der Waals surface area contributed by atoms with Gasteiger partial charge in [-0.2, -0.15) is 0 Å². The van der Waals surface area contributed by atoms with Crippen LogP contribution in [0.1, 0.15) is 48.9 Å². The summed E-state index contributed by atoms with van der Waals surface area (Å²) >= 11 is 5.73. The van der Waals surface area contributed by atoms with Crippen molar-refractivity contribution in [1.82, 2.24) is 0 Å². The van der Waals surface area contributed by atoms with Gasteiger partial charge in [-0.25, -0.2) is 4.39 Å². The van der Waals surface area contributed by atoms with Crippen molar-refractivity contribution in [3.63, 3.8) is 0 Å². The molecule has 0 N–H and O–H groups in total. The molecule has 2 fully saturated rings. The van der Waals surface area contributed by atoms with Gasteiger partial charge in [0.05, 0.1) is 11.2 Å². The summed E-state index contributed by atoms with van der Waals surface area (Å²) in [7, 11) is 0. The van der Waals surface area contributed by atoms with Gasteiger partial charge < -0.3 is 4.74 Å². The monoisotopic (exact) mass is 296 g/mol. The molecule has 0 amide bonds. The van der Waals surface area contributed by atoms with E-state index in [2.05, 4.69) is 0 Å². The number of Topliss-reactive ketones (excluding diaryl/α,β-unsaturated/α-hetero) is 1. The van der Waals surface area contributed by atoms with E-state index in [-0.39, 0.29) is 22.9 Å². The van der Waals surface area contributed by atoms with Gasteiger partial charge >= 0.3 is 0 Å². The fourth-order valence-corrected chi connectivity index (χ4v) is 3.69. The lowest BCUT2D eigenvalue weighted by Gasteiger charge is -2.37. The number of rotatable bonds is 2. The Labute approximate surface area is 123 Å². The summed E-state index contributed by atoms with van der Waals surface area (Å²) in [4.78, 5) is 12.5. The van der Waals surface area contributed by atoms with Gasteiger partial charge in [-0.15, -0.1) is 0 Å². The lowest BCUT2D eigenvalue weighted by Crippen LogP contribution is -2.39. The Bertz CT molecular complexity index is 523. The molecule has 1 aromatic carbocycles. The Morgan fingerprint density at radius 3 is 2.80 bits per heavy atom. The summed E-state index contributed by atoms with van der Waals surface area (Å²) in [5.74, 6) is -0.749. The van der Waals surface area contributed by atoms with Crippen molar-refractivity contribution in [1.29, 1.82) is 0 Å². The second kappa shape index (κ2) is 5.45. The van der Waals surface area contributed by atoms with E-state index in [9.17, 15) is 9.18 Å². The molecule has 1 saturated heterocycles. The van der Waals surface area contributed by atoms with Gasteiger partial charge in [0.15, 0.2) is 5.78 Å². The van der Waals surface area contributed by atoms with Gasteiger partial charge in [-0.05, 0) is 43.9 Å². The highest BCUT2D eigenvalue weighted by Gasteiger charge is 2.42. The zero-order valence-electron chi connectivity index (χ0n) is 11.3. The largest absolute Gasteiger partial charge is 0.375 e. The van der Waals surface area contributed by atoms with E-state index in [1.807, 2.05) is 0 Å². The molecule has 1 atom stereocenters. The molecule has 1 unspecified atom stereocenters. The van der Waals surface area contributed by atoms with Crippen LogP contribution in [0.2, 0.25) is 5.02 Å². The lowest BCUT2D eigenvalue weighted by atomic mass is 9.80. The first-order valence-corrected chi connectivity index (χ1v) is 7.61. The second-order valence-electron chi connectivity index (χ2n) is 5.92. The molecule has 3 rings (SSSR count). The van der Waals surface area contributed by atoms with E-state index in [0.717, 1.165) is 32.1 Å². The Kier molecular flexibility index (Phi) is 3.83. The normalized spacial score (nSPS) is 25.0. The molecule has 1 aromatic rings. The summed E-state index contributed by atoms with van der Waals surface area (Å²) in [6.45, 7) is 0.603. The summed E-state index contributed by atoms with van der Waals surface area (Å²) in [6.07, 6.45) is 5.79. The van der Waals surface area contributed by atoms with Gasteiger partial charge in [0.25, 0.3) is 0 Å². The first-order valence-electron chi connectivity index (χ1n) is 7.23. The SMILES string of the molecule is O=C(c1ccc(Cl)cc1F)C1CCOC2(CCCC2)C1. The Morgan fingerprint density at radius 2 is 2.10 bits per heavy atom. The zero-order valence-corrected chi connectivity index (χ0v) is 12.1. The summed E-state index contributed by atoms with van der Waals surface area (Å²) in [6, 6.07) is 4.28. The van der Waals surface area contributed by atoms with Crippen LogP contribution in [0.25, 0.3) is 0 Å². The van der Waals surface area contributed by atoms with Crippen LogP contribution in [0.15, 0.2) is 18.2 Å². The van der Waals surface area contributed by atoms with E-state index in [0.29, 0.717) is 18.1 Å². The fraction of sp³-hybridized carbons (Fsp3) is 0.562. The van der Waals surface area contributed by atoms with Crippen LogP contribution < -0.4 is 0 Å². The minimum absolute atomic E-state index is 0.103. The number of ether oxygens (including phenoxy) is 1.